The highest BCUT2D eigenvalue weighted by atomic mass is 35.5. The second kappa shape index (κ2) is 8.23. The number of nitrogens with one attached hydrogen (secondary N) is 1. The number of hydrogen-bond acceptors (Lipinski definition) is 10. The quantitative estimate of drug-likeness (QED) is 0.558. The lowest BCUT2D eigenvalue weighted by molar-refractivity contribution is -0.156. The van der Waals surface area contributed by atoms with Crippen molar-refractivity contribution in [3.63, 3.8) is 0 Å². The number of halogens is 1. The summed E-state index contributed by atoms with van der Waals surface area (Å²) in [7, 11) is 3.16. The van der Waals surface area contributed by atoms with Crippen LogP contribution in [-0.4, -0.2) is 73.3 Å². The summed E-state index contributed by atoms with van der Waals surface area (Å²) in [6.45, 7) is 3.28. The molecule has 154 valence electrons. The first-order valence-corrected chi connectivity index (χ1v) is 10.3. The maximum absolute atomic E-state index is 12.5. The molecule has 0 saturated carbocycles. The van der Waals surface area contributed by atoms with E-state index in [0.717, 1.165) is 34.0 Å². The van der Waals surface area contributed by atoms with Crippen molar-refractivity contribution in [1.29, 1.82) is 0 Å². The molecule has 0 aliphatic carbocycles. The normalized spacial score (nSPS) is 21.6. The van der Waals surface area contributed by atoms with E-state index < -0.39 is 11.8 Å². The van der Waals surface area contributed by atoms with Crippen molar-refractivity contribution in [3.8, 4) is 0 Å². The molecule has 29 heavy (non-hydrogen) atoms. The maximum Gasteiger partial charge on any atom is 0.371 e. The number of esters is 1. The maximum atomic E-state index is 12.5. The third kappa shape index (κ3) is 3.80. The van der Waals surface area contributed by atoms with E-state index in [9.17, 15) is 4.79 Å². The number of ether oxygens (including phenoxy) is 2. The Morgan fingerprint density at radius 3 is 2.93 bits per heavy atom. The van der Waals surface area contributed by atoms with Gasteiger partial charge in [-0.2, -0.15) is 4.98 Å². The summed E-state index contributed by atoms with van der Waals surface area (Å²) in [5.74, 6) is -0.976. The van der Waals surface area contributed by atoms with E-state index >= 15 is 0 Å². The van der Waals surface area contributed by atoms with Gasteiger partial charge in [-0.1, -0.05) is 0 Å². The van der Waals surface area contributed by atoms with E-state index in [2.05, 4.69) is 25.2 Å². The number of carbonyl (C=O) groups excluding carboxylic acids is 1. The predicted molar refractivity (Wildman–Crippen MR) is 112 cm³/mol. The lowest BCUT2D eigenvalue weighted by Crippen LogP contribution is -2.60. The molecule has 1 fully saturated rings. The molecule has 0 amide bonds. The Bertz CT molecular complexity index is 974. The molecule has 1 N–H and O–H groups in total. The van der Waals surface area contributed by atoms with Gasteiger partial charge in [-0.25, -0.2) is 14.8 Å². The number of thiophene rings is 1. The molecule has 2 aromatic rings. The Labute approximate surface area is 177 Å². The number of rotatable bonds is 5. The zero-order valence-corrected chi connectivity index (χ0v) is 17.7. The van der Waals surface area contributed by atoms with E-state index in [-0.39, 0.29) is 5.28 Å². The third-order valence-corrected chi connectivity index (χ3v) is 6.11. The fourth-order valence-corrected chi connectivity index (χ4v) is 4.70. The molecule has 4 heterocycles. The minimum absolute atomic E-state index is 0.214. The Kier molecular flexibility index (Phi) is 5.68. The highest BCUT2D eigenvalue weighted by molar-refractivity contribution is 7.19. The van der Waals surface area contributed by atoms with Gasteiger partial charge in [0.1, 0.15) is 0 Å². The van der Waals surface area contributed by atoms with Gasteiger partial charge in [0.05, 0.1) is 30.5 Å². The Morgan fingerprint density at radius 1 is 1.45 bits per heavy atom. The molecule has 2 aliphatic rings. The van der Waals surface area contributed by atoms with Gasteiger partial charge >= 0.3 is 5.97 Å². The van der Waals surface area contributed by atoms with Crippen LogP contribution in [0.1, 0.15) is 4.88 Å². The largest absolute Gasteiger partial charge is 0.465 e. The minimum atomic E-state index is -1.31. The summed E-state index contributed by atoms with van der Waals surface area (Å²) < 4.78 is 11.4. The number of aromatic nitrogens is 2. The van der Waals surface area contributed by atoms with E-state index in [1.807, 2.05) is 13.1 Å². The molecule has 1 unspecified atom stereocenters. The van der Waals surface area contributed by atoms with Gasteiger partial charge in [-0.15, -0.1) is 11.3 Å². The van der Waals surface area contributed by atoms with Crippen LogP contribution in [0.4, 0.5) is 5.82 Å². The highest BCUT2D eigenvalue weighted by Crippen LogP contribution is 2.34. The van der Waals surface area contributed by atoms with Crippen LogP contribution in [-0.2, 0) is 20.8 Å². The van der Waals surface area contributed by atoms with Gasteiger partial charge < -0.3 is 19.7 Å². The van der Waals surface area contributed by atoms with E-state index in [1.165, 1.54) is 7.11 Å². The molecule has 2 aromatic heterocycles. The molecule has 0 spiro atoms. The van der Waals surface area contributed by atoms with Crippen LogP contribution in [0.25, 0.3) is 10.2 Å². The Morgan fingerprint density at radius 2 is 2.24 bits per heavy atom. The van der Waals surface area contributed by atoms with Crippen molar-refractivity contribution < 1.29 is 14.3 Å². The lowest BCUT2D eigenvalue weighted by atomic mass is 10.2. The molecule has 0 aromatic carbocycles. The first-order valence-electron chi connectivity index (χ1n) is 9.10. The van der Waals surface area contributed by atoms with Crippen LogP contribution >= 0.6 is 22.9 Å². The van der Waals surface area contributed by atoms with E-state index in [1.54, 1.807) is 34.7 Å². The van der Waals surface area contributed by atoms with E-state index in [4.69, 9.17) is 21.1 Å². The highest BCUT2D eigenvalue weighted by Gasteiger charge is 2.43. The molecular formula is C18H21ClN6O3S. The number of morpholine rings is 1. The molecule has 0 radical (unpaired) electrons. The summed E-state index contributed by atoms with van der Waals surface area (Å²) in [5, 5.41) is 3.23. The van der Waals surface area contributed by atoms with Crippen molar-refractivity contribution in [1.82, 2.24) is 20.2 Å². The smallest absolute Gasteiger partial charge is 0.371 e. The van der Waals surface area contributed by atoms with Crippen LogP contribution < -0.4 is 10.2 Å². The molecule has 0 bridgehead atoms. The summed E-state index contributed by atoms with van der Waals surface area (Å²) in [4.78, 5) is 30.6. The van der Waals surface area contributed by atoms with Crippen molar-refractivity contribution in [2.24, 2.45) is 4.99 Å². The van der Waals surface area contributed by atoms with Crippen LogP contribution in [0.5, 0.6) is 0 Å². The molecule has 4 rings (SSSR count). The number of anilines is 1. The average molecular weight is 437 g/mol. The van der Waals surface area contributed by atoms with Crippen LogP contribution in [0.2, 0.25) is 5.28 Å². The van der Waals surface area contributed by atoms with Crippen molar-refractivity contribution in [2.45, 2.75) is 12.3 Å². The number of aliphatic imine (C=N–C) groups is 1. The Balaban J connectivity index is 1.65. The standard InChI is InChI=1S/C18H21ClN6O3S/c1-24(18(16(26)27-2)20-4-3-5-21-18)11-12-10-13-14(29-12)15(23-17(19)22-13)25-6-8-28-9-7-25/h3-5,10,20H,6-9,11H2,1-2H3. The van der Waals surface area contributed by atoms with Crippen LogP contribution in [0.3, 0.4) is 0 Å². The van der Waals surface area contributed by atoms with Gasteiger partial charge in [0.2, 0.25) is 5.28 Å². The Hall–Kier alpha value is -2.27. The van der Waals surface area contributed by atoms with E-state index in [0.29, 0.717) is 19.8 Å². The third-order valence-electron chi connectivity index (χ3n) is 4.83. The number of carbonyl (C=O) groups is 1. The predicted octanol–water partition coefficient (Wildman–Crippen LogP) is 1.63. The summed E-state index contributed by atoms with van der Waals surface area (Å²) in [5.41, 5.74) is 0.784. The molecule has 1 atom stereocenters. The molecule has 9 nitrogen and oxygen atoms in total. The zero-order valence-electron chi connectivity index (χ0n) is 16.1. The van der Waals surface area contributed by atoms with Crippen molar-refractivity contribution >= 4 is 51.2 Å². The SMILES string of the molecule is COC(=O)C1(N(C)Cc2cc3nc(Cl)nc(N4CCOCC4)c3s2)N=CC=CN1. The average Bonchev–Trinajstić information content (AvgIpc) is 3.15. The molecule has 11 heteroatoms. The second-order valence-electron chi connectivity index (χ2n) is 6.64. The molecule has 1 saturated heterocycles. The monoisotopic (exact) mass is 436 g/mol. The summed E-state index contributed by atoms with van der Waals surface area (Å²) in [6.07, 6.45) is 4.98. The van der Waals surface area contributed by atoms with Crippen LogP contribution in [0.15, 0.2) is 23.3 Å². The number of methoxy groups -OCH3 is 1. The summed E-state index contributed by atoms with van der Waals surface area (Å²) >= 11 is 7.76. The fourth-order valence-electron chi connectivity index (χ4n) is 3.37. The van der Waals surface area contributed by atoms with Crippen molar-refractivity contribution in [3.05, 3.63) is 28.5 Å². The topological polar surface area (TPSA) is 92.2 Å². The van der Waals surface area contributed by atoms with Gasteiger partial charge in [-0.05, 0) is 30.8 Å². The number of allylic oxidation sites excluding steroid dienone is 1. The minimum Gasteiger partial charge on any atom is -0.465 e. The summed E-state index contributed by atoms with van der Waals surface area (Å²) in [6, 6.07) is 1.97. The second-order valence-corrected chi connectivity index (χ2v) is 8.12. The number of fused-ring (bicyclic) bond motifs is 1. The zero-order chi connectivity index (χ0) is 20.4. The first kappa shape index (κ1) is 20.0. The fraction of sp³-hybridized carbons (Fsp3) is 0.444. The van der Waals surface area contributed by atoms with Gasteiger partial charge in [0, 0.05) is 36.9 Å². The number of nitrogens with zero attached hydrogens (tertiary/aromatic N) is 5. The number of likely N-dealkylation sites (N-methyl/N-ethyl adjacent to an activating group) is 1. The molecular weight excluding hydrogens is 416 g/mol. The van der Waals surface area contributed by atoms with Crippen LogP contribution in [0, 0.1) is 0 Å². The van der Waals surface area contributed by atoms with Gasteiger partial charge in [0.15, 0.2) is 5.82 Å². The van der Waals surface area contributed by atoms with Gasteiger partial charge in [0.25, 0.3) is 5.79 Å². The number of hydrogen-bond donors (Lipinski definition) is 1. The first-order chi connectivity index (χ1) is 14.0. The van der Waals surface area contributed by atoms with Gasteiger partial charge in [-0.3, -0.25) is 4.90 Å². The molecule has 2 aliphatic heterocycles. The lowest BCUT2D eigenvalue weighted by Gasteiger charge is -2.36. The van der Waals surface area contributed by atoms with Crippen molar-refractivity contribution in [2.75, 3.05) is 45.4 Å².